The SMILES string of the molecule is CCCC#COC(C)C#Cc1ccc2cc(OCCCCCCCCCC)ccc2c1. The van der Waals surface area contributed by atoms with Gasteiger partial charge in [0.15, 0.2) is 6.10 Å². The Morgan fingerprint density at radius 1 is 0.806 bits per heavy atom. The Morgan fingerprint density at radius 2 is 1.52 bits per heavy atom. The summed E-state index contributed by atoms with van der Waals surface area (Å²) < 4.78 is 11.4. The van der Waals surface area contributed by atoms with Crippen molar-refractivity contribution < 1.29 is 9.47 Å². The Labute approximate surface area is 189 Å². The average Bonchev–Trinajstić information content (AvgIpc) is 2.79. The van der Waals surface area contributed by atoms with Gasteiger partial charge in [-0.1, -0.05) is 88.7 Å². The first-order chi connectivity index (χ1) is 15.2. The molecule has 0 aliphatic heterocycles. The summed E-state index contributed by atoms with van der Waals surface area (Å²) in [5.74, 6) is 10.2. The number of hydrogen-bond acceptors (Lipinski definition) is 2. The Bertz CT molecular complexity index is 892. The van der Waals surface area contributed by atoms with Crippen LogP contribution in [-0.2, 0) is 4.74 Å². The third kappa shape index (κ3) is 10.3. The van der Waals surface area contributed by atoms with Gasteiger partial charge < -0.3 is 9.47 Å². The summed E-state index contributed by atoms with van der Waals surface area (Å²) in [4.78, 5) is 0. The maximum Gasteiger partial charge on any atom is 0.168 e. The lowest BCUT2D eigenvalue weighted by Gasteiger charge is -2.08. The molecule has 2 nitrogen and oxygen atoms in total. The van der Waals surface area contributed by atoms with E-state index in [4.69, 9.17) is 9.47 Å². The summed E-state index contributed by atoms with van der Waals surface area (Å²) in [5.41, 5.74) is 0.983. The lowest BCUT2D eigenvalue weighted by atomic mass is 10.1. The van der Waals surface area contributed by atoms with Crippen molar-refractivity contribution in [2.45, 2.75) is 91.1 Å². The lowest BCUT2D eigenvalue weighted by molar-refractivity contribution is 0.238. The highest BCUT2D eigenvalue weighted by molar-refractivity contribution is 5.85. The van der Waals surface area contributed by atoms with E-state index in [0.29, 0.717) is 0 Å². The van der Waals surface area contributed by atoms with E-state index < -0.39 is 0 Å². The molecule has 0 bridgehead atoms. The molecule has 0 aliphatic rings. The van der Waals surface area contributed by atoms with E-state index in [9.17, 15) is 0 Å². The van der Waals surface area contributed by atoms with Gasteiger partial charge in [0.1, 0.15) is 11.9 Å². The quantitative estimate of drug-likeness (QED) is 0.258. The van der Waals surface area contributed by atoms with Crippen LogP contribution in [0.3, 0.4) is 0 Å². The number of unbranched alkanes of at least 4 members (excludes halogenated alkanes) is 8. The number of ether oxygens (including phenoxy) is 2. The maximum atomic E-state index is 5.97. The van der Waals surface area contributed by atoms with Crippen LogP contribution in [0.15, 0.2) is 36.4 Å². The molecule has 1 atom stereocenters. The molecule has 0 heterocycles. The molecular weight excluding hydrogens is 380 g/mol. The van der Waals surface area contributed by atoms with Gasteiger partial charge in [0.05, 0.1) is 6.61 Å². The standard InChI is InChI=1S/C29H38O2/c1-4-6-8-9-10-11-12-14-22-31-29-20-19-27-23-26(17-18-28(27)24-29)16-15-25(3)30-21-13-7-5-2/h17-20,23-25H,4-12,14,22H2,1-3H3. The lowest BCUT2D eigenvalue weighted by Crippen LogP contribution is -1.99. The van der Waals surface area contributed by atoms with E-state index in [0.717, 1.165) is 37.2 Å². The van der Waals surface area contributed by atoms with Gasteiger partial charge in [-0.3, -0.25) is 0 Å². The summed E-state index contributed by atoms with van der Waals surface area (Å²) in [6, 6.07) is 12.5. The van der Waals surface area contributed by atoms with Crippen molar-refractivity contribution in [3.63, 3.8) is 0 Å². The molecule has 1 unspecified atom stereocenters. The van der Waals surface area contributed by atoms with Crippen LogP contribution in [0.2, 0.25) is 0 Å². The van der Waals surface area contributed by atoms with Crippen molar-refractivity contribution in [3.05, 3.63) is 42.0 Å². The summed E-state index contributed by atoms with van der Waals surface area (Å²) in [6.07, 6.45) is 15.0. The molecule has 0 saturated carbocycles. The van der Waals surface area contributed by atoms with Gasteiger partial charge in [0, 0.05) is 12.0 Å². The molecule has 0 saturated heterocycles. The normalized spacial score (nSPS) is 11.2. The van der Waals surface area contributed by atoms with Gasteiger partial charge in [-0.05, 0) is 54.8 Å². The number of hydrogen-bond donors (Lipinski definition) is 0. The minimum atomic E-state index is -0.202. The number of benzene rings is 2. The Kier molecular flexibility index (Phi) is 12.1. The molecule has 0 aliphatic carbocycles. The summed E-state index contributed by atoms with van der Waals surface area (Å²) >= 11 is 0. The van der Waals surface area contributed by atoms with Crippen molar-refractivity contribution in [2.75, 3.05) is 6.61 Å². The minimum Gasteiger partial charge on any atom is -0.494 e. The Morgan fingerprint density at radius 3 is 2.29 bits per heavy atom. The van der Waals surface area contributed by atoms with Crippen molar-refractivity contribution in [1.29, 1.82) is 0 Å². The maximum absolute atomic E-state index is 5.97. The van der Waals surface area contributed by atoms with Crippen LogP contribution in [0.1, 0.15) is 90.5 Å². The minimum absolute atomic E-state index is 0.202. The molecule has 0 radical (unpaired) electrons. The van der Waals surface area contributed by atoms with Gasteiger partial charge in [0.25, 0.3) is 0 Å². The van der Waals surface area contributed by atoms with Crippen molar-refractivity contribution in [3.8, 4) is 29.6 Å². The molecular formula is C29H38O2. The molecule has 0 fully saturated rings. The van der Waals surface area contributed by atoms with E-state index >= 15 is 0 Å². The first-order valence-electron chi connectivity index (χ1n) is 12.0. The molecule has 2 heteroatoms. The Hall–Kier alpha value is -2.58. The van der Waals surface area contributed by atoms with E-state index in [1.807, 2.05) is 13.0 Å². The smallest absolute Gasteiger partial charge is 0.168 e. The molecule has 0 amide bonds. The zero-order valence-corrected chi connectivity index (χ0v) is 19.6. The highest BCUT2D eigenvalue weighted by Gasteiger charge is 2.00. The monoisotopic (exact) mass is 418 g/mol. The summed E-state index contributed by atoms with van der Waals surface area (Å²) in [7, 11) is 0. The van der Waals surface area contributed by atoms with Crippen LogP contribution < -0.4 is 4.74 Å². The van der Waals surface area contributed by atoms with E-state index in [-0.39, 0.29) is 6.10 Å². The average molecular weight is 419 g/mol. The van der Waals surface area contributed by atoms with Gasteiger partial charge in [-0.2, -0.15) is 0 Å². The predicted octanol–water partition coefficient (Wildman–Crippen LogP) is 7.88. The molecule has 0 N–H and O–H groups in total. The summed E-state index contributed by atoms with van der Waals surface area (Å²) in [5, 5.41) is 2.34. The third-order valence-corrected chi connectivity index (χ3v) is 5.18. The highest BCUT2D eigenvalue weighted by Crippen LogP contribution is 2.22. The van der Waals surface area contributed by atoms with Crippen molar-refractivity contribution in [1.82, 2.24) is 0 Å². The second-order valence-electron chi connectivity index (χ2n) is 8.11. The molecule has 2 aromatic rings. The third-order valence-electron chi connectivity index (χ3n) is 5.18. The topological polar surface area (TPSA) is 18.5 Å². The number of fused-ring (bicyclic) bond motifs is 1. The van der Waals surface area contributed by atoms with Crippen LogP contribution in [0.4, 0.5) is 0 Å². The highest BCUT2D eigenvalue weighted by atomic mass is 16.5. The predicted molar refractivity (Wildman–Crippen MR) is 132 cm³/mol. The van der Waals surface area contributed by atoms with E-state index in [2.05, 4.69) is 68.0 Å². The van der Waals surface area contributed by atoms with Crippen LogP contribution in [0.25, 0.3) is 10.8 Å². The van der Waals surface area contributed by atoms with E-state index in [1.54, 1.807) is 0 Å². The molecule has 31 heavy (non-hydrogen) atoms. The van der Waals surface area contributed by atoms with Gasteiger partial charge in [-0.25, -0.2) is 0 Å². The van der Waals surface area contributed by atoms with Crippen LogP contribution in [-0.4, -0.2) is 12.7 Å². The van der Waals surface area contributed by atoms with Crippen molar-refractivity contribution >= 4 is 10.8 Å². The fourth-order valence-corrected chi connectivity index (χ4v) is 3.34. The first-order valence-corrected chi connectivity index (χ1v) is 12.0. The van der Waals surface area contributed by atoms with Gasteiger partial charge in [-0.15, -0.1) is 0 Å². The zero-order chi connectivity index (χ0) is 22.2. The fraction of sp³-hybridized carbons (Fsp3) is 0.517. The Balaban J connectivity index is 1.77. The first kappa shape index (κ1) is 24.7. The molecule has 166 valence electrons. The molecule has 0 aromatic heterocycles. The number of rotatable bonds is 12. The molecule has 0 spiro atoms. The zero-order valence-electron chi connectivity index (χ0n) is 19.6. The van der Waals surface area contributed by atoms with E-state index in [1.165, 1.54) is 55.7 Å². The second-order valence-corrected chi connectivity index (χ2v) is 8.11. The fourth-order valence-electron chi connectivity index (χ4n) is 3.34. The van der Waals surface area contributed by atoms with Gasteiger partial charge in [0.2, 0.25) is 0 Å². The summed E-state index contributed by atoms with van der Waals surface area (Å²) in [6.45, 7) is 7.08. The van der Waals surface area contributed by atoms with Gasteiger partial charge >= 0.3 is 0 Å². The molecule has 2 aromatic carbocycles. The second kappa shape index (κ2) is 15.3. The largest absolute Gasteiger partial charge is 0.494 e. The van der Waals surface area contributed by atoms with Crippen LogP contribution in [0, 0.1) is 23.9 Å². The molecule has 2 rings (SSSR count). The van der Waals surface area contributed by atoms with Crippen molar-refractivity contribution in [2.24, 2.45) is 0 Å². The van der Waals surface area contributed by atoms with Crippen LogP contribution >= 0.6 is 0 Å². The van der Waals surface area contributed by atoms with Crippen LogP contribution in [0.5, 0.6) is 5.75 Å².